The standard InChI is InChI=1S/C11H8ClN3O4/c1-18-11-14-5-8(12)9(15-11)19-7-2-6(10(16)17)3-13-4-7/h2-5H,1H3,(H,16,17). The minimum absolute atomic E-state index is 0.00496. The number of halogens is 1. The van der Waals surface area contributed by atoms with Gasteiger partial charge in [-0.05, 0) is 6.07 Å². The van der Waals surface area contributed by atoms with E-state index in [4.69, 9.17) is 26.2 Å². The Kier molecular flexibility index (Phi) is 3.76. The molecule has 0 saturated heterocycles. The number of hydrogen-bond donors (Lipinski definition) is 1. The molecule has 0 amide bonds. The van der Waals surface area contributed by atoms with Gasteiger partial charge < -0.3 is 14.6 Å². The van der Waals surface area contributed by atoms with E-state index >= 15 is 0 Å². The lowest BCUT2D eigenvalue weighted by Gasteiger charge is -2.07. The average Bonchev–Trinajstić information content (AvgIpc) is 2.41. The Morgan fingerprint density at radius 3 is 2.84 bits per heavy atom. The van der Waals surface area contributed by atoms with Crippen LogP contribution in [0.5, 0.6) is 17.6 Å². The van der Waals surface area contributed by atoms with Crippen molar-refractivity contribution in [1.29, 1.82) is 0 Å². The number of aromatic nitrogens is 3. The van der Waals surface area contributed by atoms with Gasteiger partial charge in [-0.1, -0.05) is 11.6 Å². The van der Waals surface area contributed by atoms with Gasteiger partial charge >= 0.3 is 12.0 Å². The number of carbonyl (C=O) groups is 1. The summed E-state index contributed by atoms with van der Waals surface area (Å²) in [5.74, 6) is -0.857. The van der Waals surface area contributed by atoms with Gasteiger partial charge in [0.2, 0.25) is 5.88 Å². The molecule has 2 heterocycles. The van der Waals surface area contributed by atoms with Crippen molar-refractivity contribution in [2.24, 2.45) is 0 Å². The predicted octanol–water partition coefficient (Wildman–Crippen LogP) is 2.02. The number of rotatable bonds is 4. The van der Waals surface area contributed by atoms with E-state index in [-0.39, 0.29) is 28.2 Å². The van der Waals surface area contributed by atoms with Gasteiger partial charge in [0.25, 0.3) is 0 Å². The molecule has 2 aromatic heterocycles. The Hall–Kier alpha value is -2.41. The summed E-state index contributed by atoms with van der Waals surface area (Å²) in [6.07, 6.45) is 3.87. The fraction of sp³-hybridized carbons (Fsp3) is 0.0909. The van der Waals surface area contributed by atoms with E-state index in [1.165, 1.54) is 31.8 Å². The fourth-order valence-corrected chi connectivity index (χ4v) is 1.34. The zero-order chi connectivity index (χ0) is 13.8. The fourth-order valence-electron chi connectivity index (χ4n) is 1.21. The van der Waals surface area contributed by atoms with Gasteiger partial charge in [0.1, 0.15) is 10.8 Å². The lowest BCUT2D eigenvalue weighted by atomic mass is 10.3. The summed E-state index contributed by atoms with van der Waals surface area (Å²) in [5, 5.41) is 9.01. The van der Waals surface area contributed by atoms with Crippen molar-refractivity contribution in [3.05, 3.63) is 35.2 Å². The monoisotopic (exact) mass is 281 g/mol. The smallest absolute Gasteiger partial charge is 0.337 e. The quantitative estimate of drug-likeness (QED) is 0.916. The molecule has 0 aliphatic heterocycles. The van der Waals surface area contributed by atoms with E-state index in [0.29, 0.717) is 0 Å². The topological polar surface area (TPSA) is 94.4 Å². The van der Waals surface area contributed by atoms with E-state index < -0.39 is 5.97 Å². The predicted molar refractivity (Wildman–Crippen MR) is 64.9 cm³/mol. The van der Waals surface area contributed by atoms with Crippen molar-refractivity contribution in [3.8, 4) is 17.6 Å². The third-order valence-electron chi connectivity index (χ3n) is 2.05. The number of aromatic carboxylic acids is 1. The zero-order valence-electron chi connectivity index (χ0n) is 9.70. The zero-order valence-corrected chi connectivity index (χ0v) is 10.5. The van der Waals surface area contributed by atoms with Gasteiger partial charge in [0, 0.05) is 6.20 Å². The Labute approximate surface area is 112 Å². The summed E-state index contributed by atoms with van der Waals surface area (Å²) in [5.41, 5.74) is -0.00496. The Balaban J connectivity index is 2.30. The number of hydrogen-bond acceptors (Lipinski definition) is 6. The molecule has 0 aromatic carbocycles. The van der Waals surface area contributed by atoms with E-state index in [9.17, 15) is 4.79 Å². The van der Waals surface area contributed by atoms with Crippen molar-refractivity contribution in [1.82, 2.24) is 15.0 Å². The molecule has 2 aromatic rings. The normalized spacial score (nSPS) is 10.0. The van der Waals surface area contributed by atoms with Crippen molar-refractivity contribution >= 4 is 17.6 Å². The minimum atomic E-state index is -1.11. The van der Waals surface area contributed by atoms with Crippen molar-refractivity contribution in [2.75, 3.05) is 7.11 Å². The first-order chi connectivity index (χ1) is 9.10. The van der Waals surface area contributed by atoms with Crippen molar-refractivity contribution in [3.63, 3.8) is 0 Å². The van der Waals surface area contributed by atoms with Crippen LogP contribution in [0.15, 0.2) is 24.7 Å². The van der Waals surface area contributed by atoms with Gasteiger partial charge in [-0.2, -0.15) is 4.98 Å². The Bertz CT molecular complexity index is 621. The third-order valence-corrected chi connectivity index (χ3v) is 2.31. The van der Waals surface area contributed by atoms with E-state index in [0.717, 1.165) is 0 Å². The van der Waals surface area contributed by atoms with Crippen LogP contribution in [0.3, 0.4) is 0 Å². The molecule has 2 rings (SSSR count). The van der Waals surface area contributed by atoms with Gasteiger partial charge in [0.15, 0.2) is 0 Å². The molecule has 0 aliphatic carbocycles. The summed E-state index contributed by atoms with van der Waals surface area (Å²) in [6, 6.07) is 1.39. The van der Waals surface area contributed by atoms with Gasteiger partial charge in [0.05, 0.1) is 25.1 Å². The van der Waals surface area contributed by atoms with Gasteiger partial charge in [-0.25, -0.2) is 9.78 Å². The Morgan fingerprint density at radius 1 is 1.37 bits per heavy atom. The van der Waals surface area contributed by atoms with Crippen LogP contribution in [0.25, 0.3) is 0 Å². The molecule has 0 bridgehead atoms. The van der Waals surface area contributed by atoms with Crippen molar-refractivity contribution in [2.45, 2.75) is 0 Å². The molecule has 0 fully saturated rings. The molecular weight excluding hydrogens is 274 g/mol. The highest BCUT2D eigenvalue weighted by atomic mass is 35.5. The Morgan fingerprint density at radius 2 is 2.16 bits per heavy atom. The molecule has 1 N–H and O–H groups in total. The number of ether oxygens (including phenoxy) is 2. The summed E-state index contributed by atoms with van der Waals surface area (Å²) in [6.45, 7) is 0. The lowest BCUT2D eigenvalue weighted by Crippen LogP contribution is -1.99. The maximum atomic E-state index is 10.8. The van der Waals surface area contributed by atoms with E-state index in [1.807, 2.05) is 0 Å². The largest absolute Gasteiger partial charge is 0.478 e. The van der Waals surface area contributed by atoms with Crippen LogP contribution in [0.2, 0.25) is 5.02 Å². The first-order valence-electron chi connectivity index (χ1n) is 5.03. The molecule has 0 aliphatic rings. The molecule has 0 spiro atoms. The van der Waals surface area contributed by atoms with Gasteiger partial charge in [-0.15, -0.1) is 0 Å². The highest BCUT2D eigenvalue weighted by Gasteiger charge is 2.10. The SMILES string of the molecule is COc1ncc(Cl)c(Oc2cncc(C(=O)O)c2)n1. The third kappa shape index (κ3) is 3.08. The second-order valence-corrected chi connectivity index (χ2v) is 3.73. The van der Waals surface area contributed by atoms with Crippen LogP contribution >= 0.6 is 11.6 Å². The molecule has 19 heavy (non-hydrogen) atoms. The van der Waals surface area contributed by atoms with E-state index in [2.05, 4.69) is 15.0 Å². The van der Waals surface area contributed by atoms with Crippen LogP contribution in [0.1, 0.15) is 10.4 Å². The maximum absolute atomic E-state index is 10.8. The summed E-state index contributed by atoms with van der Waals surface area (Å²) in [7, 11) is 1.40. The highest BCUT2D eigenvalue weighted by Crippen LogP contribution is 2.27. The summed E-state index contributed by atoms with van der Waals surface area (Å²) in [4.78, 5) is 22.2. The molecule has 0 atom stereocenters. The second-order valence-electron chi connectivity index (χ2n) is 3.33. The molecular formula is C11H8ClN3O4. The first kappa shape index (κ1) is 13.0. The van der Waals surface area contributed by atoms with Crippen LogP contribution in [-0.4, -0.2) is 33.1 Å². The highest BCUT2D eigenvalue weighted by molar-refractivity contribution is 6.31. The number of carboxylic acid groups (broad SMARTS) is 1. The second kappa shape index (κ2) is 5.49. The molecule has 0 unspecified atom stereocenters. The van der Waals surface area contributed by atoms with Crippen LogP contribution in [0, 0.1) is 0 Å². The molecule has 0 saturated carbocycles. The van der Waals surface area contributed by atoms with Crippen molar-refractivity contribution < 1.29 is 19.4 Å². The first-order valence-corrected chi connectivity index (χ1v) is 5.40. The number of nitrogens with zero attached hydrogens (tertiary/aromatic N) is 3. The van der Waals surface area contributed by atoms with Gasteiger partial charge in [-0.3, -0.25) is 4.98 Å². The minimum Gasteiger partial charge on any atom is -0.478 e. The van der Waals surface area contributed by atoms with Crippen LogP contribution < -0.4 is 9.47 Å². The number of carboxylic acids is 1. The average molecular weight is 282 g/mol. The van der Waals surface area contributed by atoms with E-state index in [1.54, 1.807) is 0 Å². The number of methoxy groups -OCH3 is 1. The van der Waals surface area contributed by atoms with Crippen LogP contribution in [-0.2, 0) is 0 Å². The molecule has 0 radical (unpaired) electrons. The molecule has 7 nitrogen and oxygen atoms in total. The van der Waals surface area contributed by atoms with Crippen LogP contribution in [0.4, 0.5) is 0 Å². The molecule has 98 valence electrons. The number of pyridine rings is 1. The lowest BCUT2D eigenvalue weighted by molar-refractivity contribution is 0.0696. The summed E-state index contributed by atoms with van der Waals surface area (Å²) < 4.78 is 10.2. The molecule has 8 heteroatoms. The maximum Gasteiger partial charge on any atom is 0.337 e. The summed E-state index contributed by atoms with van der Waals surface area (Å²) >= 11 is 5.86.